The van der Waals surface area contributed by atoms with Crippen LogP contribution in [0.15, 0.2) is 67.3 Å². The fourth-order valence-corrected chi connectivity index (χ4v) is 5.27. The van der Waals surface area contributed by atoms with Crippen molar-refractivity contribution < 1.29 is 33.0 Å². The van der Waals surface area contributed by atoms with Crippen LogP contribution in [-0.4, -0.2) is 70.8 Å². The van der Waals surface area contributed by atoms with Crippen molar-refractivity contribution in [2.75, 3.05) is 13.1 Å². The summed E-state index contributed by atoms with van der Waals surface area (Å²) in [6.45, 7) is 9.87. The largest absolute Gasteiger partial charge is 0.445 e. The molecule has 4 unspecified atom stereocenters. The zero-order chi connectivity index (χ0) is 29.6. The zero-order valence-electron chi connectivity index (χ0n) is 23.8. The Morgan fingerprint density at radius 2 is 1.73 bits per heavy atom. The van der Waals surface area contributed by atoms with Crippen molar-refractivity contribution in [2.24, 2.45) is 0 Å². The van der Waals surface area contributed by atoms with Crippen LogP contribution in [-0.2, 0) is 32.2 Å². The molecule has 0 aromatic heterocycles. The Kier molecular flexibility index (Phi) is 9.65. The number of likely N-dealkylation sites (tertiary alicyclic amines) is 2. The number of benzene rings is 2. The number of hydrogen-bond donors (Lipinski definition) is 1. The first-order valence-corrected chi connectivity index (χ1v) is 13.8. The van der Waals surface area contributed by atoms with Gasteiger partial charge in [-0.2, -0.15) is 0 Å². The third kappa shape index (κ3) is 7.85. The highest BCUT2D eigenvalue weighted by Gasteiger charge is 2.53. The molecular formula is C31H38FN3O6. The van der Waals surface area contributed by atoms with Crippen molar-refractivity contribution >= 4 is 18.1 Å². The first-order chi connectivity index (χ1) is 19.6. The summed E-state index contributed by atoms with van der Waals surface area (Å²) in [6.07, 6.45) is 0.594. The van der Waals surface area contributed by atoms with E-state index in [1.165, 1.54) is 12.1 Å². The van der Waals surface area contributed by atoms with E-state index >= 15 is 0 Å². The summed E-state index contributed by atoms with van der Waals surface area (Å²) in [6, 6.07) is 13.7. The number of alkyl carbamates (subject to hydrolysis) is 1. The number of amides is 3. The van der Waals surface area contributed by atoms with E-state index < -0.39 is 36.0 Å². The van der Waals surface area contributed by atoms with Crippen LogP contribution >= 0.6 is 0 Å². The maximum absolute atomic E-state index is 13.8. The molecule has 0 bridgehead atoms. The fourth-order valence-electron chi connectivity index (χ4n) is 5.27. The van der Waals surface area contributed by atoms with E-state index in [1.54, 1.807) is 48.8 Å². The topological polar surface area (TPSA) is 97.4 Å². The zero-order valence-corrected chi connectivity index (χ0v) is 23.8. The molecule has 0 radical (unpaired) electrons. The maximum atomic E-state index is 13.8. The van der Waals surface area contributed by atoms with Crippen LogP contribution in [0, 0.1) is 5.82 Å². The second-order valence-corrected chi connectivity index (χ2v) is 11.3. The molecule has 220 valence electrons. The first kappa shape index (κ1) is 30.0. The lowest BCUT2D eigenvalue weighted by Crippen LogP contribution is -2.54. The van der Waals surface area contributed by atoms with Crippen molar-refractivity contribution in [1.29, 1.82) is 0 Å². The lowest BCUT2D eigenvalue weighted by Gasteiger charge is -2.32. The van der Waals surface area contributed by atoms with Crippen LogP contribution in [0.25, 0.3) is 0 Å². The van der Waals surface area contributed by atoms with Crippen molar-refractivity contribution in [3.8, 4) is 0 Å². The number of nitrogens with one attached hydrogen (secondary N) is 1. The number of hydrogen-bond acceptors (Lipinski definition) is 6. The van der Waals surface area contributed by atoms with Gasteiger partial charge in [-0.05, 0) is 56.9 Å². The molecule has 9 nitrogen and oxygen atoms in total. The van der Waals surface area contributed by atoms with E-state index in [2.05, 4.69) is 11.9 Å². The van der Waals surface area contributed by atoms with E-state index in [4.69, 9.17) is 14.2 Å². The minimum atomic E-state index is -0.891. The number of rotatable bonds is 9. The molecule has 4 rings (SSSR count). The maximum Gasteiger partial charge on any atom is 0.410 e. The van der Waals surface area contributed by atoms with Gasteiger partial charge in [0.25, 0.3) is 0 Å². The minimum Gasteiger partial charge on any atom is -0.445 e. The summed E-state index contributed by atoms with van der Waals surface area (Å²) in [5.41, 5.74) is 0.903. The van der Waals surface area contributed by atoms with Crippen LogP contribution in [0.3, 0.4) is 0 Å². The van der Waals surface area contributed by atoms with Gasteiger partial charge >= 0.3 is 12.2 Å². The average molecular weight is 568 g/mol. The van der Waals surface area contributed by atoms with Crippen LogP contribution in [0.4, 0.5) is 14.0 Å². The molecule has 10 heteroatoms. The average Bonchev–Trinajstić information content (AvgIpc) is 3.51. The molecule has 4 atom stereocenters. The lowest BCUT2D eigenvalue weighted by atomic mass is 10.1. The molecule has 3 amide bonds. The molecular weight excluding hydrogens is 529 g/mol. The SMILES string of the molecule is C=CCC(NC(=O)OC(C)(C)C)C(=O)N1CCC2C1C(OCc1ccc(F)cc1)CN2C(=O)OCc1ccccc1. The quantitative estimate of drug-likeness (QED) is 0.437. The van der Waals surface area contributed by atoms with Gasteiger partial charge in [-0.3, -0.25) is 4.79 Å². The summed E-state index contributed by atoms with van der Waals surface area (Å²) in [4.78, 5) is 42.8. The second kappa shape index (κ2) is 13.2. The van der Waals surface area contributed by atoms with Gasteiger partial charge in [-0.15, -0.1) is 6.58 Å². The summed E-state index contributed by atoms with van der Waals surface area (Å²) in [7, 11) is 0. The third-order valence-corrected chi connectivity index (χ3v) is 7.07. The minimum absolute atomic E-state index is 0.124. The third-order valence-electron chi connectivity index (χ3n) is 7.07. The molecule has 41 heavy (non-hydrogen) atoms. The molecule has 2 aromatic rings. The highest BCUT2D eigenvalue weighted by atomic mass is 19.1. The lowest BCUT2D eigenvalue weighted by molar-refractivity contribution is -0.136. The van der Waals surface area contributed by atoms with E-state index in [-0.39, 0.29) is 43.9 Å². The van der Waals surface area contributed by atoms with Gasteiger partial charge in [0.1, 0.15) is 24.1 Å². The van der Waals surface area contributed by atoms with E-state index in [1.807, 2.05) is 30.3 Å². The van der Waals surface area contributed by atoms with Crippen molar-refractivity contribution in [2.45, 2.75) is 76.7 Å². The Hall–Kier alpha value is -3.92. The Bertz CT molecular complexity index is 1220. The molecule has 2 heterocycles. The second-order valence-electron chi connectivity index (χ2n) is 11.3. The van der Waals surface area contributed by atoms with Gasteiger partial charge in [0, 0.05) is 6.54 Å². The number of fused-ring (bicyclic) bond motifs is 1. The van der Waals surface area contributed by atoms with Gasteiger partial charge in [0.15, 0.2) is 0 Å². The van der Waals surface area contributed by atoms with Gasteiger partial charge in [0.05, 0.1) is 31.3 Å². The molecule has 2 aliphatic heterocycles. The molecule has 2 aliphatic rings. The standard InChI is InChI=1S/C31H38FN3O6/c1-5-9-24(33-29(37)41-31(2,3)4)28(36)34-17-16-25-27(34)26(39-19-22-12-14-23(32)15-13-22)18-35(25)30(38)40-20-21-10-7-6-8-11-21/h5-8,10-15,24-27H,1,9,16-20H2,2-4H3,(H,33,37). The molecule has 0 aliphatic carbocycles. The summed E-state index contributed by atoms with van der Waals surface area (Å²) in [5.74, 6) is -0.654. The molecule has 2 aromatic carbocycles. The predicted octanol–water partition coefficient (Wildman–Crippen LogP) is 4.80. The number of nitrogens with zero attached hydrogens (tertiary/aromatic N) is 2. The smallest absolute Gasteiger partial charge is 0.410 e. The first-order valence-electron chi connectivity index (χ1n) is 13.8. The van der Waals surface area contributed by atoms with Gasteiger partial charge < -0.3 is 29.3 Å². The molecule has 0 saturated carbocycles. The Morgan fingerprint density at radius 3 is 2.39 bits per heavy atom. The molecule has 2 saturated heterocycles. The molecule has 0 spiro atoms. The molecule has 2 fully saturated rings. The van der Waals surface area contributed by atoms with Crippen LogP contribution < -0.4 is 5.32 Å². The van der Waals surface area contributed by atoms with Crippen LogP contribution in [0.1, 0.15) is 44.7 Å². The molecule has 1 N–H and O–H groups in total. The van der Waals surface area contributed by atoms with E-state index in [9.17, 15) is 18.8 Å². The van der Waals surface area contributed by atoms with Crippen molar-refractivity contribution in [1.82, 2.24) is 15.1 Å². The summed E-state index contributed by atoms with van der Waals surface area (Å²) >= 11 is 0. The number of carbonyl (C=O) groups is 3. The van der Waals surface area contributed by atoms with E-state index in [0.29, 0.717) is 13.0 Å². The monoisotopic (exact) mass is 567 g/mol. The highest BCUT2D eigenvalue weighted by Crippen LogP contribution is 2.35. The highest BCUT2D eigenvalue weighted by molar-refractivity contribution is 5.87. The van der Waals surface area contributed by atoms with Gasteiger partial charge in [-0.25, -0.2) is 14.0 Å². The summed E-state index contributed by atoms with van der Waals surface area (Å²) in [5, 5.41) is 2.68. The number of carbonyl (C=O) groups excluding carboxylic acids is 3. The predicted molar refractivity (Wildman–Crippen MR) is 150 cm³/mol. The van der Waals surface area contributed by atoms with Crippen molar-refractivity contribution in [3.63, 3.8) is 0 Å². The Morgan fingerprint density at radius 1 is 1.05 bits per heavy atom. The van der Waals surface area contributed by atoms with Gasteiger partial charge in [0.2, 0.25) is 5.91 Å². The van der Waals surface area contributed by atoms with E-state index in [0.717, 1.165) is 11.1 Å². The number of halogens is 1. The normalized spacial score (nSPS) is 20.7. The van der Waals surface area contributed by atoms with Gasteiger partial charge in [-0.1, -0.05) is 48.5 Å². The van der Waals surface area contributed by atoms with Crippen LogP contribution in [0.5, 0.6) is 0 Å². The van der Waals surface area contributed by atoms with Crippen molar-refractivity contribution in [3.05, 3.63) is 84.2 Å². The number of ether oxygens (including phenoxy) is 3. The Labute approximate surface area is 240 Å². The summed E-state index contributed by atoms with van der Waals surface area (Å²) < 4.78 is 30.7. The van der Waals surface area contributed by atoms with Crippen LogP contribution in [0.2, 0.25) is 0 Å². The fraction of sp³-hybridized carbons (Fsp3) is 0.452. The Balaban J connectivity index is 1.51.